The number of primary amides is 1. The Morgan fingerprint density at radius 1 is 1.38 bits per heavy atom. The summed E-state index contributed by atoms with van der Waals surface area (Å²) in [6, 6.07) is 11.9. The Labute approximate surface area is 122 Å². The van der Waals surface area contributed by atoms with Crippen molar-refractivity contribution >= 4 is 11.6 Å². The third-order valence-corrected chi connectivity index (χ3v) is 3.17. The van der Waals surface area contributed by atoms with Gasteiger partial charge >= 0.3 is 0 Å². The van der Waals surface area contributed by atoms with Crippen LogP contribution in [-0.2, 0) is 6.54 Å². The lowest BCUT2D eigenvalue weighted by Crippen LogP contribution is -2.15. The molecular weight excluding hydrogens is 269 g/mol. The topological polar surface area (TPSA) is 78.9 Å². The minimum atomic E-state index is -0.704. The van der Waals surface area contributed by atoms with Crippen molar-refractivity contribution in [2.75, 3.05) is 5.32 Å². The zero-order chi connectivity index (χ0) is 15.4. The minimum absolute atomic E-state index is 0.0903. The van der Waals surface area contributed by atoms with Crippen molar-refractivity contribution in [3.8, 4) is 6.07 Å². The molecule has 5 heteroatoms. The summed E-state index contributed by atoms with van der Waals surface area (Å²) < 4.78 is 13.5. The van der Waals surface area contributed by atoms with Crippen LogP contribution in [0.15, 0.2) is 36.4 Å². The molecule has 1 amide bonds. The van der Waals surface area contributed by atoms with Crippen molar-refractivity contribution in [3.05, 3.63) is 64.5 Å². The lowest BCUT2D eigenvalue weighted by atomic mass is 10.1. The van der Waals surface area contributed by atoms with Crippen molar-refractivity contribution in [1.82, 2.24) is 0 Å². The molecule has 3 N–H and O–H groups in total. The summed E-state index contributed by atoms with van der Waals surface area (Å²) >= 11 is 0. The molecule has 2 aromatic rings. The highest BCUT2D eigenvalue weighted by Crippen LogP contribution is 2.21. The van der Waals surface area contributed by atoms with Gasteiger partial charge in [-0.15, -0.1) is 0 Å². The number of hydrogen-bond acceptors (Lipinski definition) is 3. The van der Waals surface area contributed by atoms with E-state index in [2.05, 4.69) is 11.4 Å². The van der Waals surface area contributed by atoms with Crippen LogP contribution in [0.25, 0.3) is 0 Å². The molecule has 0 aliphatic carbocycles. The van der Waals surface area contributed by atoms with Crippen molar-refractivity contribution in [2.45, 2.75) is 13.5 Å². The first kappa shape index (κ1) is 14.5. The molecule has 0 atom stereocenters. The Morgan fingerprint density at radius 3 is 2.76 bits per heavy atom. The number of nitrogens with zero attached hydrogens (tertiary/aromatic N) is 1. The number of aryl methyl sites for hydroxylation is 1. The number of benzene rings is 2. The van der Waals surface area contributed by atoms with E-state index in [9.17, 15) is 9.18 Å². The largest absolute Gasteiger partial charge is 0.380 e. The van der Waals surface area contributed by atoms with Gasteiger partial charge in [-0.1, -0.05) is 18.2 Å². The van der Waals surface area contributed by atoms with Crippen LogP contribution in [0.5, 0.6) is 0 Å². The number of carbonyl (C=O) groups excluding carboxylic acids is 1. The van der Waals surface area contributed by atoms with E-state index in [1.807, 2.05) is 12.1 Å². The first-order valence-corrected chi connectivity index (χ1v) is 6.34. The number of anilines is 1. The SMILES string of the molecule is Cc1cc(NCc2ccccc2C#N)c(C(N)=O)cc1F. The highest BCUT2D eigenvalue weighted by molar-refractivity contribution is 5.98. The number of nitriles is 1. The smallest absolute Gasteiger partial charge is 0.250 e. The number of amides is 1. The molecule has 0 spiro atoms. The Balaban J connectivity index is 2.30. The van der Waals surface area contributed by atoms with E-state index in [1.54, 1.807) is 19.1 Å². The number of carbonyl (C=O) groups is 1. The Hall–Kier alpha value is -2.87. The molecule has 4 nitrogen and oxygen atoms in total. The van der Waals surface area contributed by atoms with Gasteiger partial charge in [0.15, 0.2) is 0 Å². The molecule has 106 valence electrons. The number of nitrogens with one attached hydrogen (secondary N) is 1. The number of halogens is 1. The lowest BCUT2D eigenvalue weighted by molar-refractivity contribution is 0.100. The van der Waals surface area contributed by atoms with Crippen LogP contribution < -0.4 is 11.1 Å². The number of rotatable bonds is 4. The van der Waals surface area contributed by atoms with Gasteiger partial charge in [0, 0.05) is 12.2 Å². The predicted octanol–water partition coefficient (Wildman–Crippen LogP) is 2.72. The summed E-state index contributed by atoms with van der Waals surface area (Å²) in [6.45, 7) is 1.95. The molecule has 0 fully saturated rings. The predicted molar refractivity (Wildman–Crippen MR) is 78.1 cm³/mol. The van der Waals surface area contributed by atoms with Crippen LogP contribution >= 0.6 is 0 Å². The van der Waals surface area contributed by atoms with Gasteiger partial charge in [-0.3, -0.25) is 4.79 Å². The maximum atomic E-state index is 13.5. The molecular formula is C16H14FN3O. The first-order valence-electron chi connectivity index (χ1n) is 6.34. The summed E-state index contributed by atoms with van der Waals surface area (Å²) in [4.78, 5) is 11.4. The molecule has 2 rings (SSSR count). The van der Waals surface area contributed by atoms with Gasteiger partial charge in [0.25, 0.3) is 5.91 Å². The quantitative estimate of drug-likeness (QED) is 0.905. The third kappa shape index (κ3) is 3.18. The molecule has 0 aromatic heterocycles. The molecule has 0 radical (unpaired) electrons. The van der Waals surface area contributed by atoms with Gasteiger partial charge < -0.3 is 11.1 Å². The summed E-state index contributed by atoms with van der Waals surface area (Å²) in [5, 5.41) is 12.1. The maximum Gasteiger partial charge on any atom is 0.250 e. The van der Waals surface area contributed by atoms with Gasteiger partial charge in [-0.2, -0.15) is 5.26 Å². The average Bonchev–Trinajstić information content (AvgIpc) is 2.48. The van der Waals surface area contributed by atoms with Crippen LogP contribution in [0, 0.1) is 24.1 Å². The molecule has 0 aliphatic heterocycles. The fourth-order valence-electron chi connectivity index (χ4n) is 2.01. The highest BCUT2D eigenvalue weighted by Gasteiger charge is 2.12. The molecule has 21 heavy (non-hydrogen) atoms. The molecule has 0 bridgehead atoms. The molecule has 2 aromatic carbocycles. The zero-order valence-corrected chi connectivity index (χ0v) is 11.5. The van der Waals surface area contributed by atoms with E-state index >= 15 is 0 Å². The van der Waals surface area contributed by atoms with Crippen LogP contribution in [0.4, 0.5) is 10.1 Å². The Bertz CT molecular complexity index is 735. The second kappa shape index (κ2) is 6.06. The van der Waals surface area contributed by atoms with Gasteiger partial charge in [0.05, 0.1) is 17.2 Å². The second-order valence-corrected chi connectivity index (χ2v) is 4.63. The van der Waals surface area contributed by atoms with Gasteiger partial charge in [-0.25, -0.2) is 4.39 Å². The summed E-state index contributed by atoms with van der Waals surface area (Å²) in [7, 11) is 0. The fourth-order valence-corrected chi connectivity index (χ4v) is 2.01. The molecule has 0 heterocycles. The summed E-state index contributed by atoms with van der Waals surface area (Å²) in [5.74, 6) is -1.18. The zero-order valence-electron chi connectivity index (χ0n) is 11.5. The first-order chi connectivity index (χ1) is 10.0. The van der Waals surface area contributed by atoms with E-state index in [0.717, 1.165) is 11.6 Å². The summed E-state index contributed by atoms with van der Waals surface area (Å²) in [5.41, 5.74) is 7.55. The maximum absolute atomic E-state index is 13.5. The lowest BCUT2D eigenvalue weighted by Gasteiger charge is -2.12. The van der Waals surface area contributed by atoms with Crippen LogP contribution in [0.2, 0.25) is 0 Å². The molecule has 0 unspecified atom stereocenters. The number of nitrogens with two attached hydrogens (primary N) is 1. The van der Waals surface area contributed by atoms with Gasteiger partial charge in [0.2, 0.25) is 0 Å². The van der Waals surface area contributed by atoms with E-state index in [0.29, 0.717) is 23.4 Å². The van der Waals surface area contributed by atoms with E-state index < -0.39 is 11.7 Å². The van der Waals surface area contributed by atoms with Crippen LogP contribution in [0.3, 0.4) is 0 Å². The Morgan fingerprint density at radius 2 is 2.10 bits per heavy atom. The summed E-state index contributed by atoms with van der Waals surface area (Å²) in [6.07, 6.45) is 0. The van der Waals surface area contributed by atoms with Gasteiger partial charge in [-0.05, 0) is 36.2 Å². The molecule has 0 saturated carbocycles. The van der Waals surface area contributed by atoms with Crippen LogP contribution in [-0.4, -0.2) is 5.91 Å². The standard InChI is InChI=1S/C16H14FN3O/c1-10-6-15(13(16(19)21)7-14(10)17)20-9-12-5-3-2-4-11(12)8-18/h2-7,20H,9H2,1H3,(H2,19,21). The Kier molecular flexibility index (Phi) is 4.19. The monoisotopic (exact) mass is 283 g/mol. The highest BCUT2D eigenvalue weighted by atomic mass is 19.1. The van der Waals surface area contributed by atoms with Crippen LogP contribution in [0.1, 0.15) is 27.0 Å². The average molecular weight is 283 g/mol. The van der Waals surface area contributed by atoms with Crippen molar-refractivity contribution in [3.63, 3.8) is 0 Å². The van der Waals surface area contributed by atoms with Crippen molar-refractivity contribution in [1.29, 1.82) is 5.26 Å². The molecule has 0 saturated heterocycles. The van der Waals surface area contributed by atoms with Crippen molar-refractivity contribution in [2.24, 2.45) is 5.73 Å². The minimum Gasteiger partial charge on any atom is -0.380 e. The van der Waals surface area contributed by atoms with E-state index in [1.165, 1.54) is 6.07 Å². The number of hydrogen-bond donors (Lipinski definition) is 2. The van der Waals surface area contributed by atoms with E-state index in [4.69, 9.17) is 11.0 Å². The third-order valence-electron chi connectivity index (χ3n) is 3.17. The normalized spacial score (nSPS) is 9.95. The second-order valence-electron chi connectivity index (χ2n) is 4.63. The molecule has 0 aliphatic rings. The van der Waals surface area contributed by atoms with Crippen molar-refractivity contribution < 1.29 is 9.18 Å². The van der Waals surface area contributed by atoms with E-state index in [-0.39, 0.29) is 5.56 Å². The van der Waals surface area contributed by atoms with Gasteiger partial charge in [0.1, 0.15) is 5.82 Å². The fraction of sp³-hybridized carbons (Fsp3) is 0.125.